The SMILES string of the molecule is CCCCc1ccc([C@H]2CC[C@H]([C@H]3CC[C@H](CCC)CC3)CC2)nc1. The maximum Gasteiger partial charge on any atom is 0.0434 e. The smallest absolute Gasteiger partial charge is 0.0434 e. The average Bonchev–Trinajstić information content (AvgIpc) is 2.68. The van der Waals surface area contributed by atoms with Crippen LogP contribution < -0.4 is 0 Å². The third-order valence-corrected chi connectivity index (χ3v) is 7.11. The van der Waals surface area contributed by atoms with Gasteiger partial charge in [-0.2, -0.15) is 0 Å². The molecule has 2 aliphatic carbocycles. The summed E-state index contributed by atoms with van der Waals surface area (Å²) in [6.45, 7) is 4.61. The van der Waals surface area contributed by atoms with E-state index < -0.39 is 0 Å². The number of rotatable bonds is 7. The van der Waals surface area contributed by atoms with Crippen LogP contribution in [0.3, 0.4) is 0 Å². The maximum absolute atomic E-state index is 4.82. The van der Waals surface area contributed by atoms with Crippen molar-refractivity contribution in [1.29, 1.82) is 0 Å². The second-order valence-corrected chi connectivity index (χ2v) is 8.88. The van der Waals surface area contributed by atoms with Gasteiger partial charge in [0.15, 0.2) is 0 Å². The second kappa shape index (κ2) is 9.74. The summed E-state index contributed by atoms with van der Waals surface area (Å²) in [5, 5.41) is 0. The van der Waals surface area contributed by atoms with Crippen LogP contribution in [0.25, 0.3) is 0 Å². The van der Waals surface area contributed by atoms with Gasteiger partial charge in [-0.05, 0) is 80.8 Å². The van der Waals surface area contributed by atoms with Crippen molar-refractivity contribution in [3.8, 4) is 0 Å². The fraction of sp³-hybridized carbons (Fsp3) is 0.792. The predicted octanol–water partition coefficient (Wildman–Crippen LogP) is 7.30. The lowest BCUT2D eigenvalue weighted by molar-refractivity contribution is 0.156. The van der Waals surface area contributed by atoms with Gasteiger partial charge in [0.2, 0.25) is 0 Å². The van der Waals surface area contributed by atoms with Crippen molar-refractivity contribution >= 4 is 0 Å². The van der Waals surface area contributed by atoms with E-state index in [9.17, 15) is 0 Å². The third kappa shape index (κ3) is 5.31. The molecule has 1 aromatic heterocycles. The maximum atomic E-state index is 4.82. The van der Waals surface area contributed by atoms with Gasteiger partial charge in [-0.25, -0.2) is 0 Å². The molecule has 0 spiro atoms. The van der Waals surface area contributed by atoms with Crippen LogP contribution in [0.4, 0.5) is 0 Å². The Balaban J connectivity index is 1.44. The Hall–Kier alpha value is -0.850. The minimum atomic E-state index is 0.730. The van der Waals surface area contributed by atoms with E-state index in [-0.39, 0.29) is 0 Å². The fourth-order valence-electron chi connectivity index (χ4n) is 5.45. The zero-order chi connectivity index (χ0) is 17.5. The Kier molecular flexibility index (Phi) is 7.37. The Morgan fingerprint density at radius 3 is 2.08 bits per heavy atom. The van der Waals surface area contributed by atoms with Crippen LogP contribution in [-0.4, -0.2) is 4.98 Å². The van der Waals surface area contributed by atoms with Gasteiger partial charge >= 0.3 is 0 Å². The molecule has 3 rings (SSSR count). The Morgan fingerprint density at radius 2 is 1.52 bits per heavy atom. The third-order valence-electron chi connectivity index (χ3n) is 7.11. The van der Waals surface area contributed by atoms with Crippen LogP contribution in [-0.2, 0) is 6.42 Å². The van der Waals surface area contributed by atoms with E-state index in [4.69, 9.17) is 4.98 Å². The summed E-state index contributed by atoms with van der Waals surface area (Å²) in [5.41, 5.74) is 2.79. The Bertz CT molecular complexity index is 475. The number of nitrogens with zero attached hydrogens (tertiary/aromatic N) is 1. The number of aryl methyl sites for hydroxylation is 1. The Morgan fingerprint density at radius 1 is 0.840 bits per heavy atom. The van der Waals surface area contributed by atoms with Gasteiger partial charge in [-0.15, -0.1) is 0 Å². The number of hydrogen-bond acceptors (Lipinski definition) is 1. The second-order valence-electron chi connectivity index (χ2n) is 8.88. The van der Waals surface area contributed by atoms with Gasteiger partial charge < -0.3 is 0 Å². The molecule has 2 fully saturated rings. The molecule has 25 heavy (non-hydrogen) atoms. The molecule has 0 amide bonds. The van der Waals surface area contributed by atoms with Crippen molar-refractivity contribution in [2.24, 2.45) is 17.8 Å². The molecule has 0 radical (unpaired) electrons. The first kappa shape index (κ1) is 18.9. The molecule has 140 valence electrons. The zero-order valence-corrected chi connectivity index (χ0v) is 16.7. The molecule has 1 nitrogen and oxygen atoms in total. The summed E-state index contributed by atoms with van der Waals surface area (Å²) in [6, 6.07) is 4.66. The van der Waals surface area contributed by atoms with E-state index in [1.165, 1.54) is 94.7 Å². The van der Waals surface area contributed by atoms with E-state index in [1.54, 1.807) is 0 Å². The molecule has 0 atom stereocenters. The first-order chi connectivity index (χ1) is 12.3. The number of unbranched alkanes of at least 4 members (excludes halogenated alkanes) is 1. The first-order valence-electron chi connectivity index (χ1n) is 11.2. The van der Waals surface area contributed by atoms with Crippen molar-refractivity contribution in [1.82, 2.24) is 4.98 Å². The summed E-state index contributed by atoms with van der Waals surface area (Å²) in [4.78, 5) is 4.82. The minimum absolute atomic E-state index is 0.730. The molecule has 0 N–H and O–H groups in total. The summed E-state index contributed by atoms with van der Waals surface area (Å²) in [6.07, 6.45) is 20.5. The monoisotopic (exact) mass is 341 g/mol. The van der Waals surface area contributed by atoms with Crippen LogP contribution in [0.15, 0.2) is 18.3 Å². The number of hydrogen-bond donors (Lipinski definition) is 0. The van der Waals surface area contributed by atoms with E-state index in [0.717, 1.165) is 23.7 Å². The fourth-order valence-corrected chi connectivity index (χ4v) is 5.45. The van der Waals surface area contributed by atoms with Crippen LogP contribution in [0.2, 0.25) is 0 Å². The van der Waals surface area contributed by atoms with Gasteiger partial charge in [0, 0.05) is 17.8 Å². The van der Waals surface area contributed by atoms with Crippen LogP contribution in [0.5, 0.6) is 0 Å². The lowest BCUT2D eigenvalue weighted by atomic mass is 9.68. The quantitative estimate of drug-likeness (QED) is 0.507. The zero-order valence-electron chi connectivity index (χ0n) is 16.7. The summed E-state index contributed by atoms with van der Waals surface area (Å²) in [7, 11) is 0. The van der Waals surface area contributed by atoms with Crippen LogP contribution in [0.1, 0.15) is 108 Å². The standard InChI is InChI=1S/C24H39N/c1-3-5-7-20-10-17-24(25-18-20)23-15-13-22(14-16-23)21-11-8-19(6-4-2)9-12-21/h10,17-19,21-23H,3-9,11-16H2,1-2H3/t19-,21-,22-,23-. The summed E-state index contributed by atoms with van der Waals surface area (Å²) < 4.78 is 0. The van der Waals surface area contributed by atoms with E-state index in [0.29, 0.717) is 0 Å². The van der Waals surface area contributed by atoms with E-state index >= 15 is 0 Å². The number of aromatic nitrogens is 1. The van der Waals surface area contributed by atoms with Crippen molar-refractivity contribution in [2.45, 2.75) is 103 Å². The van der Waals surface area contributed by atoms with Gasteiger partial charge in [0.1, 0.15) is 0 Å². The highest BCUT2D eigenvalue weighted by Gasteiger charge is 2.31. The van der Waals surface area contributed by atoms with Crippen LogP contribution in [0, 0.1) is 17.8 Å². The Labute approximate surface area is 156 Å². The largest absolute Gasteiger partial charge is 0.261 e. The molecule has 1 aromatic rings. The molecule has 1 heteroatoms. The molecule has 2 aliphatic rings. The predicted molar refractivity (Wildman–Crippen MR) is 108 cm³/mol. The highest BCUT2D eigenvalue weighted by Crippen LogP contribution is 2.44. The first-order valence-corrected chi connectivity index (χ1v) is 11.2. The summed E-state index contributed by atoms with van der Waals surface area (Å²) >= 11 is 0. The van der Waals surface area contributed by atoms with Gasteiger partial charge in [0.05, 0.1) is 0 Å². The van der Waals surface area contributed by atoms with Gasteiger partial charge in [-0.1, -0.05) is 52.0 Å². The van der Waals surface area contributed by atoms with Crippen molar-refractivity contribution in [3.63, 3.8) is 0 Å². The molecule has 0 aromatic carbocycles. The molecule has 2 saturated carbocycles. The molecule has 0 unspecified atom stereocenters. The highest BCUT2D eigenvalue weighted by atomic mass is 14.7. The number of pyridine rings is 1. The molecule has 0 bridgehead atoms. The average molecular weight is 342 g/mol. The molecule has 0 saturated heterocycles. The van der Waals surface area contributed by atoms with Gasteiger partial charge in [0.25, 0.3) is 0 Å². The highest BCUT2D eigenvalue weighted by molar-refractivity contribution is 5.17. The van der Waals surface area contributed by atoms with Crippen molar-refractivity contribution in [2.75, 3.05) is 0 Å². The van der Waals surface area contributed by atoms with Crippen molar-refractivity contribution < 1.29 is 0 Å². The molecular formula is C24H39N. The topological polar surface area (TPSA) is 12.9 Å². The molecule has 1 heterocycles. The van der Waals surface area contributed by atoms with Gasteiger partial charge in [-0.3, -0.25) is 4.98 Å². The lowest BCUT2D eigenvalue weighted by Gasteiger charge is -2.37. The van der Waals surface area contributed by atoms with Crippen molar-refractivity contribution in [3.05, 3.63) is 29.6 Å². The molecular weight excluding hydrogens is 302 g/mol. The normalized spacial score (nSPS) is 30.3. The lowest BCUT2D eigenvalue weighted by Crippen LogP contribution is -2.25. The van der Waals surface area contributed by atoms with E-state index in [1.807, 2.05) is 0 Å². The van der Waals surface area contributed by atoms with Crippen LogP contribution >= 0.6 is 0 Å². The summed E-state index contributed by atoms with van der Waals surface area (Å²) in [5.74, 6) is 3.84. The van der Waals surface area contributed by atoms with E-state index in [2.05, 4.69) is 32.2 Å². The molecule has 0 aliphatic heterocycles. The minimum Gasteiger partial charge on any atom is -0.261 e.